The number of sulfonamides is 1. The lowest BCUT2D eigenvalue weighted by Crippen LogP contribution is -2.27. The molecule has 0 fully saturated rings. The number of rotatable bonds is 7. The second kappa shape index (κ2) is 7.85. The Morgan fingerprint density at radius 2 is 1.58 bits per heavy atom. The fourth-order valence-corrected chi connectivity index (χ4v) is 3.05. The highest BCUT2D eigenvalue weighted by atomic mass is 32.2. The van der Waals surface area contributed by atoms with Crippen molar-refractivity contribution < 1.29 is 18.0 Å². The van der Waals surface area contributed by atoms with Gasteiger partial charge in [-0.3, -0.25) is 9.59 Å². The quantitative estimate of drug-likeness (QED) is 0.752. The van der Waals surface area contributed by atoms with Gasteiger partial charge in [0, 0.05) is 24.2 Å². The van der Waals surface area contributed by atoms with Crippen molar-refractivity contribution in [1.82, 2.24) is 4.72 Å². The Balaban J connectivity index is 1.84. The molecule has 0 atom stereocenters. The topological polar surface area (TPSA) is 92.3 Å². The zero-order valence-corrected chi connectivity index (χ0v) is 14.0. The molecule has 1 amide bonds. The van der Waals surface area contributed by atoms with Gasteiger partial charge in [0.05, 0.1) is 4.90 Å². The molecule has 0 heterocycles. The number of benzene rings is 2. The first-order valence-electron chi connectivity index (χ1n) is 7.34. The summed E-state index contributed by atoms with van der Waals surface area (Å²) in [7, 11) is -3.61. The van der Waals surface area contributed by atoms with E-state index in [9.17, 15) is 18.0 Å². The molecule has 2 aromatic carbocycles. The van der Waals surface area contributed by atoms with Crippen molar-refractivity contribution in [3.8, 4) is 0 Å². The molecule has 0 saturated carbocycles. The van der Waals surface area contributed by atoms with Crippen molar-refractivity contribution in [2.45, 2.75) is 18.2 Å². The average Bonchev–Trinajstić information content (AvgIpc) is 2.56. The molecule has 126 valence electrons. The Kier molecular flexibility index (Phi) is 5.83. The largest absolute Gasteiger partial charge is 0.326 e. The van der Waals surface area contributed by atoms with Gasteiger partial charge in [0.2, 0.25) is 15.9 Å². The molecule has 0 aliphatic heterocycles. The van der Waals surface area contributed by atoms with Crippen molar-refractivity contribution in [2.24, 2.45) is 0 Å². The molecule has 0 unspecified atom stereocenters. The van der Waals surface area contributed by atoms with Crippen LogP contribution in [-0.2, 0) is 14.8 Å². The first kappa shape index (κ1) is 17.8. The molecule has 0 saturated heterocycles. The first-order valence-corrected chi connectivity index (χ1v) is 8.82. The number of hydrogen-bond acceptors (Lipinski definition) is 4. The lowest BCUT2D eigenvalue weighted by molar-refractivity contribution is -0.116. The van der Waals surface area contributed by atoms with E-state index in [2.05, 4.69) is 10.0 Å². The number of Topliss-reactive ketones (excluding diaryl/α,β-unsaturated/α-hetero) is 1. The van der Waals surface area contributed by atoms with Crippen LogP contribution in [0.3, 0.4) is 0 Å². The number of anilines is 1. The number of ketones is 1. The molecule has 0 aromatic heterocycles. The van der Waals surface area contributed by atoms with Gasteiger partial charge in [-0.05, 0) is 43.3 Å². The van der Waals surface area contributed by atoms with Gasteiger partial charge in [0.15, 0.2) is 5.78 Å². The molecule has 7 heteroatoms. The summed E-state index contributed by atoms with van der Waals surface area (Å²) >= 11 is 0. The molecular weight excluding hydrogens is 328 g/mol. The monoisotopic (exact) mass is 346 g/mol. The Morgan fingerprint density at radius 1 is 0.958 bits per heavy atom. The average molecular weight is 346 g/mol. The molecule has 0 radical (unpaired) electrons. The van der Waals surface area contributed by atoms with Gasteiger partial charge >= 0.3 is 0 Å². The van der Waals surface area contributed by atoms with E-state index in [0.29, 0.717) is 11.3 Å². The second-order valence-electron chi connectivity index (χ2n) is 5.14. The van der Waals surface area contributed by atoms with Crippen LogP contribution in [-0.4, -0.2) is 26.7 Å². The lowest BCUT2D eigenvalue weighted by atomic mass is 10.1. The van der Waals surface area contributed by atoms with E-state index in [0.717, 1.165) is 0 Å². The molecule has 0 spiro atoms. The highest BCUT2D eigenvalue weighted by Crippen LogP contribution is 2.11. The minimum atomic E-state index is -3.61. The smallest absolute Gasteiger partial charge is 0.240 e. The third-order valence-corrected chi connectivity index (χ3v) is 4.75. The number of hydrogen-bond donors (Lipinski definition) is 2. The van der Waals surface area contributed by atoms with E-state index in [1.807, 2.05) is 0 Å². The molecule has 24 heavy (non-hydrogen) atoms. The van der Waals surface area contributed by atoms with Gasteiger partial charge in [-0.2, -0.15) is 0 Å². The third-order valence-electron chi connectivity index (χ3n) is 3.27. The van der Waals surface area contributed by atoms with Crippen LogP contribution in [0.2, 0.25) is 0 Å². The molecule has 2 aromatic rings. The van der Waals surface area contributed by atoms with Crippen LogP contribution in [0.15, 0.2) is 59.5 Å². The molecular formula is C17H18N2O4S. The van der Waals surface area contributed by atoms with Crippen LogP contribution in [0.25, 0.3) is 0 Å². The Hall–Kier alpha value is -2.51. The Labute approximate surface area is 140 Å². The van der Waals surface area contributed by atoms with Crippen LogP contribution in [0, 0.1) is 0 Å². The summed E-state index contributed by atoms with van der Waals surface area (Å²) in [5.41, 5.74) is 1.11. The normalized spacial score (nSPS) is 11.0. The summed E-state index contributed by atoms with van der Waals surface area (Å²) in [5, 5.41) is 2.65. The maximum atomic E-state index is 12.0. The summed E-state index contributed by atoms with van der Waals surface area (Å²) in [5.74, 6) is -0.371. The van der Waals surface area contributed by atoms with Gasteiger partial charge in [-0.15, -0.1) is 0 Å². The molecule has 6 nitrogen and oxygen atoms in total. The van der Waals surface area contributed by atoms with E-state index >= 15 is 0 Å². The third kappa shape index (κ3) is 5.00. The second-order valence-corrected chi connectivity index (χ2v) is 6.91. The van der Waals surface area contributed by atoms with Crippen molar-refractivity contribution in [3.63, 3.8) is 0 Å². The fraction of sp³-hybridized carbons (Fsp3) is 0.176. The van der Waals surface area contributed by atoms with Crippen LogP contribution in [0.5, 0.6) is 0 Å². The molecule has 0 aliphatic carbocycles. The Bertz CT molecular complexity index is 815. The van der Waals surface area contributed by atoms with E-state index in [-0.39, 0.29) is 29.6 Å². The van der Waals surface area contributed by atoms with Crippen LogP contribution in [0.4, 0.5) is 5.69 Å². The number of nitrogens with one attached hydrogen (secondary N) is 2. The first-order chi connectivity index (χ1) is 11.4. The number of carbonyl (C=O) groups is 2. The molecule has 0 bridgehead atoms. The SMILES string of the molecule is CC(=O)c1ccc(NC(=O)CCNS(=O)(=O)c2ccccc2)cc1. The highest BCUT2D eigenvalue weighted by Gasteiger charge is 2.13. The minimum absolute atomic E-state index is 0.000519. The van der Waals surface area contributed by atoms with Gasteiger partial charge < -0.3 is 5.32 Å². The van der Waals surface area contributed by atoms with Crippen LogP contribution < -0.4 is 10.0 Å². The van der Waals surface area contributed by atoms with Crippen LogP contribution >= 0.6 is 0 Å². The van der Waals surface area contributed by atoms with E-state index in [1.165, 1.54) is 19.1 Å². The summed E-state index contributed by atoms with van der Waals surface area (Å²) in [6.45, 7) is 1.46. The van der Waals surface area contributed by atoms with Crippen molar-refractivity contribution >= 4 is 27.4 Å². The predicted octanol–water partition coefficient (Wildman–Crippen LogP) is 2.20. The van der Waals surface area contributed by atoms with Crippen molar-refractivity contribution in [2.75, 3.05) is 11.9 Å². The molecule has 2 N–H and O–H groups in total. The van der Waals surface area contributed by atoms with E-state index in [4.69, 9.17) is 0 Å². The highest BCUT2D eigenvalue weighted by molar-refractivity contribution is 7.89. The zero-order valence-electron chi connectivity index (χ0n) is 13.2. The number of amides is 1. The summed E-state index contributed by atoms with van der Waals surface area (Å²) in [4.78, 5) is 23.2. The van der Waals surface area contributed by atoms with Crippen molar-refractivity contribution in [3.05, 3.63) is 60.2 Å². The Morgan fingerprint density at radius 3 is 2.17 bits per heavy atom. The van der Waals surface area contributed by atoms with Gasteiger partial charge in [-0.1, -0.05) is 18.2 Å². The number of carbonyl (C=O) groups excluding carboxylic acids is 2. The van der Waals surface area contributed by atoms with Crippen LogP contribution in [0.1, 0.15) is 23.7 Å². The zero-order chi connectivity index (χ0) is 17.6. The predicted molar refractivity (Wildman–Crippen MR) is 91.3 cm³/mol. The lowest BCUT2D eigenvalue weighted by Gasteiger charge is -2.08. The van der Waals surface area contributed by atoms with Gasteiger partial charge in [0.25, 0.3) is 0 Å². The van der Waals surface area contributed by atoms with E-state index in [1.54, 1.807) is 42.5 Å². The summed E-state index contributed by atoms with van der Waals surface area (Å²) < 4.78 is 26.4. The minimum Gasteiger partial charge on any atom is -0.326 e. The van der Waals surface area contributed by atoms with Crippen molar-refractivity contribution in [1.29, 1.82) is 0 Å². The van der Waals surface area contributed by atoms with Gasteiger partial charge in [-0.25, -0.2) is 13.1 Å². The maximum absolute atomic E-state index is 12.0. The van der Waals surface area contributed by atoms with Gasteiger partial charge in [0.1, 0.15) is 0 Å². The maximum Gasteiger partial charge on any atom is 0.240 e. The molecule has 2 rings (SSSR count). The standard InChI is InChI=1S/C17H18N2O4S/c1-13(20)14-7-9-15(10-8-14)19-17(21)11-12-18-24(22,23)16-5-3-2-4-6-16/h2-10,18H,11-12H2,1H3,(H,19,21). The summed E-state index contributed by atoms with van der Waals surface area (Å²) in [6, 6.07) is 14.5. The molecule has 0 aliphatic rings. The fourth-order valence-electron chi connectivity index (χ4n) is 1.99. The van der Waals surface area contributed by atoms with E-state index < -0.39 is 10.0 Å². The summed E-state index contributed by atoms with van der Waals surface area (Å²) in [6.07, 6.45) is 0.000519.